The number of sulfone groups is 1. The van der Waals surface area contributed by atoms with Gasteiger partial charge in [-0.25, -0.2) is 13.4 Å². The van der Waals surface area contributed by atoms with Crippen LogP contribution in [0.4, 0.5) is 5.13 Å². The van der Waals surface area contributed by atoms with Gasteiger partial charge in [-0.05, 0) is 44.6 Å². The first kappa shape index (κ1) is 21.8. The van der Waals surface area contributed by atoms with E-state index in [4.69, 9.17) is 0 Å². The molecule has 9 heteroatoms. The number of rotatable bonds is 7. The molecule has 0 saturated carbocycles. The lowest BCUT2D eigenvalue weighted by atomic mass is 10.2. The number of hydrogen-bond donors (Lipinski definition) is 0. The molecule has 0 aliphatic carbocycles. The molecule has 29 heavy (non-hydrogen) atoms. The van der Waals surface area contributed by atoms with Crippen LogP contribution in [0.5, 0.6) is 0 Å². The molecule has 0 bridgehead atoms. The number of nitrogens with zero attached hydrogens (tertiary/aromatic N) is 3. The van der Waals surface area contributed by atoms with E-state index in [0.29, 0.717) is 29.3 Å². The molecule has 0 atom stereocenters. The lowest BCUT2D eigenvalue weighted by Crippen LogP contribution is -2.37. The lowest BCUT2D eigenvalue weighted by molar-refractivity contribution is 0.0982. The molecule has 0 spiro atoms. The van der Waals surface area contributed by atoms with E-state index in [-0.39, 0.29) is 10.8 Å². The second kappa shape index (κ2) is 8.83. The van der Waals surface area contributed by atoms with Crippen molar-refractivity contribution in [1.29, 1.82) is 0 Å². The summed E-state index contributed by atoms with van der Waals surface area (Å²) in [4.78, 5) is 22.7. The van der Waals surface area contributed by atoms with Gasteiger partial charge in [0.15, 0.2) is 15.0 Å². The lowest BCUT2D eigenvalue weighted by Gasteiger charge is -2.22. The van der Waals surface area contributed by atoms with Crippen LogP contribution >= 0.6 is 23.1 Å². The normalized spacial score (nSPS) is 11.9. The van der Waals surface area contributed by atoms with Gasteiger partial charge >= 0.3 is 0 Å². The van der Waals surface area contributed by atoms with Gasteiger partial charge in [-0.3, -0.25) is 9.69 Å². The Morgan fingerprint density at radius 2 is 1.83 bits per heavy atom. The molecule has 3 aromatic rings. The number of aromatic nitrogens is 1. The van der Waals surface area contributed by atoms with Crippen LogP contribution in [-0.2, 0) is 9.84 Å². The average Bonchev–Trinajstić information content (AvgIpc) is 3.10. The van der Waals surface area contributed by atoms with Crippen LogP contribution in [0.25, 0.3) is 10.2 Å². The Morgan fingerprint density at radius 1 is 1.10 bits per heavy atom. The van der Waals surface area contributed by atoms with Gasteiger partial charge in [0, 0.05) is 24.2 Å². The van der Waals surface area contributed by atoms with Gasteiger partial charge in [0.25, 0.3) is 5.91 Å². The first-order valence-electron chi connectivity index (χ1n) is 8.91. The van der Waals surface area contributed by atoms with Crippen LogP contribution in [0.15, 0.2) is 52.3 Å². The van der Waals surface area contributed by atoms with Crippen LogP contribution in [-0.4, -0.2) is 63.9 Å². The molecule has 0 saturated heterocycles. The highest BCUT2D eigenvalue weighted by atomic mass is 32.2. The Kier molecular flexibility index (Phi) is 6.62. The fourth-order valence-electron chi connectivity index (χ4n) is 2.88. The number of thiazole rings is 1. The summed E-state index contributed by atoms with van der Waals surface area (Å²) in [5.74, 6) is -0.142. The quantitative estimate of drug-likeness (QED) is 0.513. The number of thioether (sulfide) groups is 1. The fourth-order valence-corrected chi connectivity index (χ4v) is 5.38. The maximum absolute atomic E-state index is 13.4. The summed E-state index contributed by atoms with van der Waals surface area (Å²) in [5, 5.41) is 0.499. The van der Waals surface area contributed by atoms with Crippen LogP contribution in [0.2, 0.25) is 0 Å². The maximum Gasteiger partial charge on any atom is 0.261 e. The standard InChI is InChI=1S/C20H23N3O3S3/c1-22(2)12-13-23(19(24)14-8-5-6-9-15(14)27-3)20-21-18-16(28-20)10-7-11-17(18)29(4,25)26/h5-11H,12-13H2,1-4H3. The van der Waals surface area contributed by atoms with Crippen molar-refractivity contribution in [2.45, 2.75) is 9.79 Å². The highest BCUT2D eigenvalue weighted by Gasteiger charge is 2.25. The number of amides is 1. The van der Waals surface area contributed by atoms with Crippen molar-refractivity contribution in [1.82, 2.24) is 9.88 Å². The molecule has 0 aliphatic heterocycles. The van der Waals surface area contributed by atoms with E-state index < -0.39 is 9.84 Å². The summed E-state index contributed by atoms with van der Waals surface area (Å²) in [7, 11) is 0.465. The fraction of sp³-hybridized carbons (Fsp3) is 0.300. The van der Waals surface area contributed by atoms with E-state index in [0.717, 1.165) is 9.60 Å². The van der Waals surface area contributed by atoms with E-state index >= 15 is 0 Å². The maximum atomic E-state index is 13.4. The van der Waals surface area contributed by atoms with Gasteiger partial charge in [0.05, 0.1) is 15.2 Å². The third-order valence-electron chi connectivity index (χ3n) is 4.35. The Bertz CT molecular complexity index is 1140. The third-order valence-corrected chi connectivity index (χ3v) is 7.32. The topological polar surface area (TPSA) is 70.6 Å². The molecule has 6 nitrogen and oxygen atoms in total. The minimum absolute atomic E-state index is 0.142. The zero-order valence-electron chi connectivity index (χ0n) is 16.7. The van der Waals surface area contributed by atoms with Crippen molar-refractivity contribution in [2.24, 2.45) is 0 Å². The van der Waals surface area contributed by atoms with Crippen molar-refractivity contribution in [3.8, 4) is 0 Å². The first-order chi connectivity index (χ1) is 13.7. The van der Waals surface area contributed by atoms with Gasteiger partial charge in [0.1, 0.15) is 5.52 Å². The molecule has 0 unspecified atom stereocenters. The third kappa shape index (κ3) is 4.80. The number of fused-ring (bicyclic) bond motifs is 1. The average molecular weight is 450 g/mol. The van der Waals surface area contributed by atoms with Crippen LogP contribution in [0, 0.1) is 0 Å². The Balaban J connectivity index is 2.11. The molecule has 1 heterocycles. The SMILES string of the molecule is CSc1ccccc1C(=O)N(CCN(C)C)c1nc2c(S(C)(=O)=O)cccc2s1. The van der Waals surface area contributed by atoms with E-state index in [9.17, 15) is 13.2 Å². The van der Waals surface area contributed by atoms with Crippen molar-refractivity contribution >= 4 is 54.2 Å². The molecule has 0 aliphatic rings. The largest absolute Gasteiger partial charge is 0.308 e. The minimum Gasteiger partial charge on any atom is -0.308 e. The minimum atomic E-state index is -3.42. The van der Waals surface area contributed by atoms with E-state index in [1.54, 1.807) is 17.0 Å². The summed E-state index contributed by atoms with van der Waals surface area (Å²) >= 11 is 2.85. The number of carbonyl (C=O) groups excluding carboxylic acids is 1. The number of likely N-dealkylation sites (N-methyl/N-ethyl adjacent to an activating group) is 1. The first-order valence-corrected chi connectivity index (χ1v) is 12.8. The van der Waals surface area contributed by atoms with Gasteiger partial charge in [-0.1, -0.05) is 29.5 Å². The Morgan fingerprint density at radius 3 is 2.48 bits per heavy atom. The predicted octanol–water partition coefficient (Wildman–Crippen LogP) is 3.63. The summed E-state index contributed by atoms with van der Waals surface area (Å²) in [6.45, 7) is 1.10. The highest BCUT2D eigenvalue weighted by molar-refractivity contribution is 7.98. The Labute approximate surface area is 179 Å². The van der Waals surface area contributed by atoms with Crippen molar-refractivity contribution in [3.63, 3.8) is 0 Å². The van der Waals surface area contributed by atoms with E-state index in [1.807, 2.05) is 55.6 Å². The summed E-state index contributed by atoms with van der Waals surface area (Å²) in [6, 6.07) is 12.6. The van der Waals surface area contributed by atoms with Crippen molar-refractivity contribution in [2.75, 3.05) is 44.6 Å². The van der Waals surface area contributed by atoms with Crippen molar-refractivity contribution < 1.29 is 13.2 Å². The molecular weight excluding hydrogens is 426 g/mol. The Hall–Kier alpha value is -1.94. The smallest absolute Gasteiger partial charge is 0.261 e. The molecular formula is C20H23N3O3S3. The molecule has 0 fully saturated rings. The van der Waals surface area contributed by atoms with Crippen LogP contribution < -0.4 is 4.90 Å². The molecule has 0 radical (unpaired) electrons. The molecule has 154 valence electrons. The molecule has 1 aromatic heterocycles. The summed E-state index contributed by atoms with van der Waals surface area (Å²) in [6.07, 6.45) is 3.11. The van der Waals surface area contributed by atoms with Gasteiger partial charge in [-0.2, -0.15) is 0 Å². The van der Waals surface area contributed by atoms with Gasteiger partial charge in [0.2, 0.25) is 0 Å². The van der Waals surface area contributed by atoms with Crippen molar-refractivity contribution in [3.05, 3.63) is 48.0 Å². The second-order valence-corrected chi connectivity index (χ2v) is 10.7. The number of para-hydroxylation sites is 1. The van der Waals surface area contributed by atoms with Crippen LogP contribution in [0.3, 0.4) is 0 Å². The molecule has 3 rings (SSSR count). The summed E-state index contributed by atoms with van der Waals surface area (Å²) in [5.41, 5.74) is 1.03. The van der Waals surface area contributed by atoms with E-state index in [1.165, 1.54) is 29.4 Å². The number of hydrogen-bond acceptors (Lipinski definition) is 7. The van der Waals surface area contributed by atoms with E-state index in [2.05, 4.69) is 4.98 Å². The molecule has 2 aromatic carbocycles. The number of anilines is 1. The van der Waals surface area contributed by atoms with Gasteiger partial charge in [-0.15, -0.1) is 11.8 Å². The molecule has 1 amide bonds. The zero-order valence-corrected chi connectivity index (χ0v) is 19.2. The molecule has 0 N–H and O–H groups in total. The number of benzene rings is 2. The van der Waals surface area contributed by atoms with Crippen LogP contribution in [0.1, 0.15) is 10.4 Å². The zero-order chi connectivity index (χ0) is 21.2. The summed E-state index contributed by atoms with van der Waals surface area (Å²) < 4.78 is 25.0. The predicted molar refractivity (Wildman–Crippen MR) is 121 cm³/mol. The monoisotopic (exact) mass is 449 g/mol. The second-order valence-electron chi connectivity index (χ2n) is 6.83. The number of carbonyl (C=O) groups is 1. The highest BCUT2D eigenvalue weighted by Crippen LogP contribution is 2.34. The van der Waals surface area contributed by atoms with Gasteiger partial charge < -0.3 is 4.90 Å².